The Bertz CT molecular complexity index is 569. The topological polar surface area (TPSA) is 52.7 Å². The summed E-state index contributed by atoms with van der Waals surface area (Å²) in [7, 11) is 0. The zero-order valence-electron chi connectivity index (χ0n) is 13.2. The molecule has 0 saturated carbocycles. The Kier molecular flexibility index (Phi) is 5.42. The summed E-state index contributed by atoms with van der Waals surface area (Å²) in [5, 5.41) is 3.58. The summed E-state index contributed by atoms with van der Waals surface area (Å²) in [6.07, 6.45) is 0. The molecule has 1 aromatic rings. The Morgan fingerprint density at radius 1 is 1.23 bits per heavy atom. The third-order valence-electron chi connectivity index (χ3n) is 4.21. The molecule has 5 nitrogen and oxygen atoms in total. The van der Waals surface area contributed by atoms with Gasteiger partial charge in [0.1, 0.15) is 0 Å². The highest BCUT2D eigenvalue weighted by Gasteiger charge is 2.26. The number of rotatable bonds is 3. The van der Waals surface area contributed by atoms with Crippen molar-refractivity contribution < 1.29 is 9.59 Å². The van der Waals surface area contributed by atoms with Gasteiger partial charge in [-0.05, 0) is 31.5 Å². The van der Waals surface area contributed by atoms with Gasteiger partial charge in [-0.1, -0.05) is 17.7 Å². The van der Waals surface area contributed by atoms with Crippen molar-refractivity contribution >= 4 is 29.1 Å². The lowest BCUT2D eigenvalue weighted by molar-refractivity contribution is -0.131. The van der Waals surface area contributed by atoms with Crippen molar-refractivity contribution in [3.8, 4) is 0 Å². The minimum atomic E-state index is -0.243. The van der Waals surface area contributed by atoms with Gasteiger partial charge >= 0.3 is 0 Å². The van der Waals surface area contributed by atoms with Crippen LogP contribution in [0.1, 0.15) is 19.4 Å². The van der Waals surface area contributed by atoms with E-state index in [-0.39, 0.29) is 17.9 Å². The number of hydrogen-bond donors (Lipinski definition) is 1. The first-order valence-electron chi connectivity index (χ1n) is 7.45. The Balaban J connectivity index is 1.95. The number of hydrogen-bond acceptors (Lipinski definition) is 3. The molecule has 0 unspecified atom stereocenters. The van der Waals surface area contributed by atoms with Crippen LogP contribution in [0.3, 0.4) is 0 Å². The van der Waals surface area contributed by atoms with E-state index in [0.29, 0.717) is 31.2 Å². The molecule has 6 heteroatoms. The highest BCUT2D eigenvalue weighted by molar-refractivity contribution is 6.31. The molecule has 0 bridgehead atoms. The molecule has 1 N–H and O–H groups in total. The summed E-state index contributed by atoms with van der Waals surface area (Å²) in [5.74, 6) is 0.0351. The summed E-state index contributed by atoms with van der Waals surface area (Å²) < 4.78 is 0. The van der Waals surface area contributed by atoms with Crippen molar-refractivity contribution in [2.24, 2.45) is 0 Å². The molecule has 1 aromatic carbocycles. The molecular weight excluding hydrogens is 302 g/mol. The summed E-state index contributed by atoms with van der Waals surface area (Å²) in [5.41, 5.74) is 1.61. The lowest BCUT2D eigenvalue weighted by Gasteiger charge is -2.37. The monoisotopic (exact) mass is 323 g/mol. The second kappa shape index (κ2) is 7.11. The molecule has 2 amide bonds. The third-order valence-corrected chi connectivity index (χ3v) is 4.62. The van der Waals surface area contributed by atoms with E-state index < -0.39 is 0 Å². The van der Waals surface area contributed by atoms with Gasteiger partial charge in [0, 0.05) is 43.8 Å². The smallest absolute Gasteiger partial charge is 0.241 e. The lowest BCUT2D eigenvalue weighted by Crippen LogP contribution is -2.53. The number of piperazine rings is 1. The lowest BCUT2D eigenvalue weighted by atomic mass is 10.1. The van der Waals surface area contributed by atoms with Crippen molar-refractivity contribution in [3.63, 3.8) is 0 Å². The van der Waals surface area contributed by atoms with E-state index in [9.17, 15) is 9.59 Å². The number of nitrogens with one attached hydrogen (secondary N) is 1. The van der Waals surface area contributed by atoms with Gasteiger partial charge in [0.2, 0.25) is 11.8 Å². The van der Waals surface area contributed by atoms with Crippen LogP contribution in [-0.2, 0) is 9.59 Å². The van der Waals surface area contributed by atoms with Crippen molar-refractivity contribution in [1.29, 1.82) is 0 Å². The van der Waals surface area contributed by atoms with Crippen LogP contribution in [0.4, 0.5) is 5.69 Å². The van der Waals surface area contributed by atoms with Crippen molar-refractivity contribution in [3.05, 3.63) is 28.8 Å². The van der Waals surface area contributed by atoms with Crippen molar-refractivity contribution in [2.75, 3.05) is 31.5 Å². The SMILES string of the molecule is CC(=O)N1CCN([C@@H](C)C(=O)Nc2cccc(Cl)c2C)CC1. The van der Waals surface area contributed by atoms with Gasteiger partial charge in [0.25, 0.3) is 0 Å². The first-order valence-corrected chi connectivity index (χ1v) is 7.83. The van der Waals surface area contributed by atoms with Crippen LogP contribution in [0, 0.1) is 6.92 Å². The van der Waals surface area contributed by atoms with Crippen LogP contribution in [0.5, 0.6) is 0 Å². The number of benzene rings is 1. The van der Waals surface area contributed by atoms with Crippen LogP contribution >= 0.6 is 11.6 Å². The Hall–Kier alpha value is -1.59. The van der Waals surface area contributed by atoms with Gasteiger partial charge in [-0.15, -0.1) is 0 Å². The number of carbonyl (C=O) groups is 2. The first kappa shape index (κ1) is 16.8. The van der Waals surface area contributed by atoms with E-state index in [0.717, 1.165) is 11.3 Å². The fraction of sp³-hybridized carbons (Fsp3) is 0.500. The largest absolute Gasteiger partial charge is 0.340 e. The second-order valence-electron chi connectivity index (χ2n) is 5.62. The van der Waals surface area contributed by atoms with E-state index in [4.69, 9.17) is 11.6 Å². The quantitative estimate of drug-likeness (QED) is 0.927. The van der Waals surface area contributed by atoms with Gasteiger partial charge in [-0.3, -0.25) is 14.5 Å². The van der Waals surface area contributed by atoms with Gasteiger partial charge in [-0.25, -0.2) is 0 Å². The molecule has 1 aliphatic rings. The molecule has 1 aliphatic heterocycles. The zero-order valence-corrected chi connectivity index (χ0v) is 14.0. The van der Waals surface area contributed by atoms with Gasteiger partial charge in [-0.2, -0.15) is 0 Å². The average Bonchev–Trinajstić information content (AvgIpc) is 2.51. The molecular formula is C16H22ClN3O2. The number of carbonyl (C=O) groups excluding carboxylic acids is 2. The standard InChI is InChI=1S/C16H22ClN3O2/c1-11-14(17)5-4-6-15(11)18-16(22)12(2)19-7-9-20(10-8-19)13(3)21/h4-6,12H,7-10H2,1-3H3,(H,18,22)/t12-/m0/s1. The van der Waals surface area contributed by atoms with Gasteiger partial charge in [0.05, 0.1) is 6.04 Å². The summed E-state index contributed by atoms with van der Waals surface area (Å²) >= 11 is 6.07. The second-order valence-corrected chi connectivity index (χ2v) is 6.03. The number of halogens is 1. The molecule has 2 rings (SSSR count). The van der Waals surface area contributed by atoms with E-state index in [1.165, 1.54) is 0 Å². The minimum Gasteiger partial charge on any atom is -0.340 e. The molecule has 0 spiro atoms. The fourth-order valence-electron chi connectivity index (χ4n) is 2.57. The normalized spacial score (nSPS) is 17.2. The summed E-state index contributed by atoms with van der Waals surface area (Å²) in [6.45, 7) is 8.11. The summed E-state index contributed by atoms with van der Waals surface area (Å²) in [6, 6.07) is 5.23. The summed E-state index contributed by atoms with van der Waals surface area (Å²) in [4.78, 5) is 27.6. The van der Waals surface area contributed by atoms with Gasteiger partial charge < -0.3 is 10.2 Å². The van der Waals surface area contributed by atoms with Crippen LogP contribution in [0.25, 0.3) is 0 Å². The molecule has 1 fully saturated rings. The molecule has 0 radical (unpaired) electrons. The highest BCUT2D eigenvalue weighted by atomic mass is 35.5. The minimum absolute atomic E-state index is 0.0540. The van der Waals surface area contributed by atoms with E-state index >= 15 is 0 Å². The molecule has 0 aromatic heterocycles. The third kappa shape index (κ3) is 3.78. The van der Waals surface area contributed by atoms with Crippen LogP contribution < -0.4 is 5.32 Å². The van der Waals surface area contributed by atoms with E-state index in [2.05, 4.69) is 10.2 Å². The molecule has 0 aliphatic carbocycles. The average molecular weight is 324 g/mol. The predicted octanol–water partition coefficient (Wildman–Crippen LogP) is 2.14. The Morgan fingerprint density at radius 2 is 1.86 bits per heavy atom. The molecule has 22 heavy (non-hydrogen) atoms. The maximum atomic E-state index is 12.4. The molecule has 1 saturated heterocycles. The zero-order chi connectivity index (χ0) is 16.3. The van der Waals surface area contributed by atoms with Crippen molar-refractivity contribution in [1.82, 2.24) is 9.80 Å². The number of amides is 2. The fourth-order valence-corrected chi connectivity index (χ4v) is 2.74. The Labute approximate surface area is 136 Å². The van der Waals surface area contributed by atoms with Crippen LogP contribution in [-0.4, -0.2) is 53.8 Å². The highest BCUT2D eigenvalue weighted by Crippen LogP contribution is 2.23. The van der Waals surface area contributed by atoms with E-state index in [1.54, 1.807) is 13.0 Å². The Morgan fingerprint density at radius 3 is 2.45 bits per heavy atom. The van der Waals surface area contributed by atoms with Crippen molar-refractivity contribution in [2.45, 2.75) is 26.8 Å². The predicted molar refractivity (Wildman–Crippen MR) is 88.1 cm³/mol. The number of nitrogens with zero attached hydrogens (tertiary/aromatic N) is 2. The molecule has 1 atom stereocenters. The van der Waals surface area contributed by atoms with Crippen LogP contribution in [0.2, 0.25) is 5.02 Å². The van der Waals surface area contributed by atoms with Crippen LogP contribution in [0.15, 0.2) is 18.2 Å². The molecule has 120 valence electrons. The number of anilines is 1. The molecule has 1 heterocycles. The first-order chi connectivity index (χ1) is 10.4. The van der Waals surface area contributed by atoms with E-state index in [1.807, 2.05) is 30.9 Å². The maximum absolute atomic E-state index is 12.4. The maximum Gasteiger partial charge on any atom is 0.241 e. The van der Waals surface area contributed by atoms with Gasteiger partial charge in [0.15, 0.2) is 0 Å².